The van der Waals surface area contributed by atoms with Gasteiger partial charge in [-0.2, -0.15) is 0 Å². The van der Waals surface area contributed by atoms with Crippen molar-refractivity contribution in [2.45, 2.75) is 36.0 Å². The summed E-state index contributed by atoms with van der Waals surface area (Å²) in [6, 6.07) is 13.9. The van der Waals surface area contributed by atoms with E-state index in [-0.39, 0.29) is 21.3 Å². The Balaban J connectivity index is 1.94. The molecule has 4 rings (SSSR count). The number of likely N-dealkylation sites (tertiary alicyclic amines) is 1. The quantitative estimate of drug-likeness (QED) is 0.674. The Kier molecular flexibility index (Phi) is 4.89. The summed E-state index contributed by atoms with van der Waals surface area (Å²) in [6.45, 7) is 3.32. The van der Waals surface area contributed by atoms with Crippen LogP contribution in [0.3, 0.4) is 0 Å². The van der Waals surface area contributed by atoms with Crippen LogP contribution in [0.2, 0.25) is 0 Å². The summed E-state index contributed by atoms with van der Waals surface area (Å²) in [6.07, 6.45) is 4.12. The van der Waals surface area contributed by atoms with Gasteiger partial charge in [0.1, 0.15) is 0 Å². The first kappa shape index (κ1) is 18.6. The van der Waals surface area contributed by atoms with Crippen molar-refractivity contribution in [2.24, 2.45) is 0 Å². The summed E-state index contributed by atoms with van der Waals surface area (Å²) in [4.78, 5) is 19.4. The number of nitrogens with zero attached hydrogens (tertiary/aromatic N) is 2. The van der Waals surface area contributed by atoms with Crippen LogP contribution in [0, 0.1) is 0 Å². The number of pyridine rings is 1. The highest BCUT2D eigenvalue weighted by Crippen LogP contribution is 2.32. The molecule has 1 amide bonds. The van der Waals surface area contributed by atoms with Crippen LogP contribution in [0.1, 0.15) is 35.7 Å². The molecule has 28 heavy (non-hydrogen) atoms. The second-order valence-electron chi connectivity index (χ2n) is 7.02. The molecule has 0 saturated carbocycles. The third-order valence-electron chi connectivity index (χ3n) is 5.26. The van der Waals surface area contributed by atoms with Gasteiger partial charge in [-0.1, -0.05) is 37.3 Å². The average molecular weight is 394 g/mol. The number of sulfone groups is 1. The maximum atomic E-state index is 13.6. The van der Waals surface area contributed by atoms with Crippen LogP contribution in [0.15, 0.2) is 64.5 Å². The van der Waals surface area contributed by atoms with Crippen molar-refractivity contribution >= 4 is 26.6 Å². The number of benzene rings is 2. The number of carbonyl (C=O) groups is 1. The van der Waals surface area contributed by atoms with Crippen LogP contribution in [-0.4, -0.2) is 37.3 Å². The molecule has 2 heterocycles. The van der Waals surface area contributed by atoms with Gasteiger partial charge in [0.25, 0.3) is 5.91 Å². The number of carbonyl (C=O) groups excluding carboxylic acids is 1. The number of para-hydroxylation sites is 1. The zero-order valence-electron chi connectivity index (χ0n) is 15.8. The number of amides is 1. The molecule has 1 fully saturated rings. The number of aryl methyl sites for hydroxylation is 1. The Hall–Kier alpha value is -2.73. The first-order valence-corrected chi connectivity index (χ1v) is 11.0. The van der Waals surface area contributed by atoms with E-state index in [1.165, 1.54) is 6.20 Å². The zero-order valence-corrected chi connectivity index (χ0v) is 16.6. The van der Waals surface area contributed by atoms with Crippen molar-refractivity contribution in [3.63, 3.8) is 0 Å². The minimum absolute atomic E-state index is 0.0549. The maximum absolute atomic E-state index is 13.6. The van der Waals surface area contributed by atoms with E-state index in [0.29, 0.717) is 24.0 Å². The third kappa shape index (κ3) is 3.18. The molecule has 1 saturated heterocycles. The summed E-state index contributed by atoms with van der Waals surface area (Å²) in [5.74, 6) is -0.264. The van der Waals surface area contributed by atoms with Crippen molar-refractivity contribution in [2.75, 3.05) is 13.1 Å². The fraction of sp³-hybridized carbons (Fsp3) is 0.273. The summed E-state index contributed by atoms with van der Waals surface area (Å²) in [5.41, 5.74) is 1.77. The topological polar surface area (TPSA) is 67.3 Å². The van der Waals surface area contributed by atoms with E-state index in [9.17, 15) is 13.2 Å². The molecule has 1 aliphatic heterocycles. The number of aromatic nitrogens is 1. The second-order valence-corrected chi connectivity index (χ2v) is 8.90. The fourth-order valence-corrected chi connectivity index (χ4v) is 5.29. The van der Waals surface area contributed by atoms with E-state index in [2.05, 4.69) is 4.98 Å². The molecule has 2 aromatic carbocycles. The van der Waals surface area contributed by atoms with Crippen molar-refractivity contribution in [3.8, 4) is 0 Å². The number of hydrogen-bond acceptors (Lipinski definition) is 4. The summed E-state index contributed by atoms with van der Waals surface area (Å²) < 4.78 is 27.2. The molecule has 6 heteroatoms. The van der Waals surface area contributed by atoms with Gasteiger partial charge < -0.3 is 4.90 Å². The van der Waals surface area contributed by atoms with Gasteiger partial charge in [-0.3, -0.25) is 9.78 Å². The smallest absolute Gasteiger partial charge is 0.256 e. The van der Waals surface area contributed by atoms with Gasteiger partial charge in [-0.15, -0.1) is 0 Å². The predicted molar refractivity (Wildman–Crippen MR) is 108 cm³/mol. The van der Waals surface area contributed by atoms with Crippen LogP contribution in [0.25, 0.3) is 10.9 Å². The first-order valence-electron chi connectivity index (χ1n) is 9.53. The minimum Gasteiger partial charge on any atom is -0.339 e. The summed E-state index contributed by atoms with van der Waals surface area (Å²) in [5, 5.41) is 0.479. The SMILES string of the molecule is CCc1ccc(S(=O)(=O)c2c(C(=O)N3CCCC3)cnc3ccccc23)cc1. The molecule has 5 nitrogen and oxygen atoms in total. The molecule has 0 atom stereocenters. The van der Waals surface area contributed by atoms with Crippen LogP contribution in [-0.2, 0) is 16.3 Å². The number of rotatable bonds is 4. The average Bonchev–Trinajstić information content (AvgIpc) is 3.27. The molecule has 3 aromatic rings. The Morgan fingerprint density at radius 2 is 1.71 bits per heavy atom. The molecular weight excluding hydrogens is 372 g/mol. The van der Waals surface area contributed by atoms with Crippen molar-refractivity contribution in [3.05, 3.63) is 65.9 Å². The number of fused-ring (bicyclic) bond motifs is 1. The van der Waals surface area contributed by atoms with Gasteiger partial charge in [0.2, 0.25) is 9.84 Å². The monoisotopic (exact) mass is 394 g/mol. The molecule has 0 unspecified atom stereocenters. The molecular formula is C22H22N2O3S. The second kappa shape index (κ2) is 7.36. The molecule has 0 spiro atoms. The van der Waals surface area contributed by atoms with Crippen molar-refractivity contribution in [1.82, 2.24) is 9.88 Å². The van der Waals surface area contributed by atoms with Gasteiger partial charge in [0.15, 0.2) is 0 Å². The van der Waals surface area contributed by atoms with Crippen molar-refractivity contribution < 1.29 is 13.2 Å². The lowest BCUT2D eigenvalue weighted by Gasteiger charge is -2.19. The summed E-state index contributed by atoms with van der Waals surface area (Å²) in [7, 11) is -3.88. The van der Waals surface area contributed by atoms with Crippen LogP contribution < -0.4 is 0 Å². The van der Waals surface area contributed by atoms with E-state index in [1.54, 1.807) is 35.2 Å². The van der Waals surface area contributed by atoms with Gasteiger partial charge in [0.05, 0.1) is 20.9 Å². The Morgan fingerprint density at radius 1 is 1.04 bits per heavy atom. The van der Waals surface area contributed by atoms with Crippen LogP contribution in [0.4, 0.5) is 0 Å². The van der Waals surface area contributed by atoms with Crippen LogP contribution >= 0.6 is 0 Å². The fourth-order valence-electron chi connectivity index (χ4n) is 3.67. The highest BCUT2D eigenvalue weighted by molar-refractivity contribution is 7.91. The van der Waals surface area contributed by atoms with Gasteiger partial charge in [0, 0.05) is 24.7 Å². The lowest BCUT2D eigenvalue weighted by molar-refractivity contribution is 0.0789. The Bertz CT molecular complexity index is 1130. The normalized spacial score (nSPS) is 14.5. The molecule has 1 aromatic heterocycles. The van der Waals surface area contributed by atoms with E-state index >= 15 is 0 Å². The molecule has 0 N–H and O–H groups in total. The van der Waals surface area contributed by atoms with E-state index < -0.39 is 9.84 Å². The summed E-state index contributed by atoms with van der Waals surface area (Å²) >= 11 is 0. The van der Waals surface area contributed by atoms with Crippen LogP contribution in [0.5, 0.6) is 0 Å². The third-order valence-corrected chi connectivity index (χ3v) is 7.13. The van der Waals surface area contributed by atoms with Crippen molar-refractivity contribution in [1.29, 1.82) is 0 Å². The predicted octanol–water partition coefficient (Wildman–Crippen LogP) is 3.87. The number of hydrogen-bond donors (Lipinski definition) is 0. The van der Waals surface area contributed by atoms with E-state index in [0.717, 1.165) is 24.8 Å². The highest BCUT2D eigenvalue weighted by Gasteiger charge is 2.30. The highest BCUT2D eigenvalue weighted by atomic mass is 32.2. The zero-order chi connectivity index (χ0) is 19.7. The molecule has 0 aliphatic carbocycles. The van der Waals surface area contributed by atoms with Gasteiger partial charge in [-0.25, -0.2) is 8.42 Å². The molecule has 0 bridgehead atoms. The minimum atomic E-state index is -3.88. The lowest BCUT2D eigenvalue weighted by atomic mass is 10.1. The standard InChI is InChI=1S/C22H22N2O3S/c1-2-16-9-11-17(12-10-16)28(26,27)21-18-7-3-4-8-20(18)23-15-19(21)22(25)24-13-5-6-14-24/h3-4,7-12,15H,2,5-6,13-14H2,1H3. The van der Waals surface area contributed by atoms with E-state index in [1.807, 2.05) is 25.1 Å². The molecule has 1 aliphatic rings. The molecule has 0 radical (unpaired) electrons. The lowest BCUT2D eigenvalue weighted by Crippen LogP contribution is -2.29. The Morgan fingerprint density at radius 3 is 2.39 bits per heavy atom. The Labute approximate surface area is 164 Å². The first-order chi connectivity index (χ1) is 13.5. The van der Waals surface area contributed by atoms with Gasteiger partial charge >= 0.3 is 0 Å². The van der Waals surface area contributed by atoms with E-state index in [4.69, 9.17) is 0 Å². The van der Waals surface area contributed by atoms with Gasteiger partial charge in [-0.05, 0) is 43.0 Å². The maximum Gasteiger partial charge on any atom is 0.256 e. The largest absolute Gasteiger partial charge is 0.339 e. The molecule has 144 valence electrons.